The molecular formula is C26H40ClNO4SSi. The van der Waals surface area contributed by atoms with Crippen LogP contribution in [0.4, 0.5) is 0 Å². The summed E-state index contributed by atoms with van der Waals surface area (Å²) < 4.78 is 12.1. The van der Waals surface area contributed by atoms with Gasteiger partial charge in [0.15, 0.2) is 8.32 Å². The van der Waals surface area contributed by atoms with Gasteiger partial charge >= 0.3 is 5.97 Å². The van der Waals surface area contributed by atoms with Crippen LogP contribution >= 0.6 is 23.8 Å². The summed E-state index contributed by atoms with van der Waals surface area (Å²) in [7, 11) is -2.11. The lowest BCUT2D eigenvalue weighted by Gasteiger charge is -2.53. The first-order valence-corrected chi connectivity index (χ1v) is 15.6. The van der Waals surface area contributed by atoms with Crippen molar-refractivity contribution in [2.45, 2.75) is 91.3 Å². The Morgan fingerprint density at radius 3 is 2.21 bits per heavy atom. The number of ether oxygens (including phenoxy) is 1. The first-order chi connectivity index (χ1) is 15.4. The van der Waals surface area contributed by atoms with Crippen LogP contribution in [0.15, 0.2) is 24.3 Å². The Bertz CT molecular complexity index is 937. The Morgan fingerprint density at radius 2 is 1.71 bits per heavy atom. The van der Waals surface area contributed by atoms with E-state index in [1.54, 1.807) is 11.0 Å². The zero-order valence-corrected chi connectivity index (χ0v) is 24.8. The molecule has 8 heteroatoms. The summed E-state index contributed by atoms with van der Waals surface area (Å²) in [4.78, 5) is 28.2. The molecule has 0 bridgehead atoms. The Morgan fingerprint density at radius 1 is 1.15 bits per heavy atom. The average molecular weight is 526 g/mol. The lowest BCUT2D eigenvalue weighted by Crippen LogP contribution is -2.69. The highest BCUT2D eigenvalue weighted by Gasteiger charge is 2.55. The minimum Gasteiger partial charge on any atom is -0.459 e. The van der Waals surface area contributed by atoms with Crippen LogP contribution in [0.2, 0.25) is 23.2 Å². The van der Waals surface area contributed by atoms with Crippen molar-refractivity contribution in [1.29, 1.82) is 0 Å². The summed E-state index contributed by atoms with van der Waals surface area (Å²) in [5.41, 5.74) is 0.150. The second kappa shape index (κ2) is 10.4. The fourth-order valence-corrected chi connectivity index (χ4v) is 6.17. The van der Waals surface area contributed by atoms with E-state index in [-0.39, 0.29) is 35.6 Å². The van der Waals surface area contributed by atoms with Gasteiger partial charge in [-0.25, -0.2) is 0 Å². The van der Waals surface area contributed by atoms with E-state index in [4.69, 9.17) is 33.0 Å². The Kier molecular flexibility index (Phi) is 8.83. The molecule has 2 rings (SSSR count). The predicted octanol–water partition coefficient (Wildman–Crippen LogP) is 6.27. The highest BCUT2D eigenvalue weighted by atomic mass is 35.5. The van der Waals surface area contributed by atoms with Crippen LogP contribution in [-0.2, 0) is 18.8 Å². The maximum Gasteiger partial charge on any atom is 0.326 e. The van der Waals surface area contributed by atoms with Gasteiger partial charge in [0.25, 0.3) is 0 Å². The monoisotopic (exact) mass is 525 g/mol. The van der Waals surface area contributed by atoms with Gasteiger partial charge in [0.1, 0.15) is 12.1 Å². The van der Waals surface area contributed by atoms with Gasteiger partial charge in [0, 0.05) is 21.4 Å². The van der Waals surface area contributed by atoms with Crippen molar-refractivity contribution in [3.05, 3.63) is 34.9 Å². The Labute approximate surface area is 216 Å². The first kappa shape index (κ1) is 29.0. The number of likely N-dealkylation sites (tertiary alicyclic amines) is 1. The molecule has 34 heavy (non-hydrogen) atoms. The fourth-order valence-electron chi connectivity index (χ4n) is 4.13. The van der Waals surface area contributed by atoms with E-state index in [1.807, 2.05) is 52.8 Å². The minimum atomic E-state index is -2.11. The fraction of sp³-hybridized carbons (Fsp3) is 0.654. The van der Waals surface area contributed by atoms with Crippen molar-refractivity contribution in [3.8, 4) is 0 Å². The molecule has 1 fully saturated rings. The number of thiocarbonyl (C=S) groups is 1. The molecule has 1 aromatic carbocycles. The molecule has 0 aromatic heterocycles. The molecule has 190 valence electrons. The molecule has 1 aliphatic rings. The lowest BCUT2D eigenvalue weighted by atomic mass is 9.74. The van der Waals surface area contributed by atoms with E-state index in [1.165, 1.54) is 0 Å². The second-order valence-corrected chi connectivity index (χ2v) is 17.4. The number of hydrogen-bond acceptors (Lipinski definition) is 5. The summed E-state index contributed by atoms with van der Waals surface area (Å²) in [6.07, 6.45) is -0.301. The molecule has 1 aliphatic heterocycles. The lowest BCUT2D eigenvalue weighted by molar-refractivity contribution is -0.176. The summed E-state index contributed by atoms with van der Waals surface area (Å²) in [5, 5.41) is 0.587. The average Bonchev–Trinajstić information content (AvgIpc) is 2.66. The van der Waals surface area contributed by atoms with Gasteiger partial charge in [0.2, 0.25) is 5.91 Å². The molecule has 0 radical (unpaired) electrons. The Balaban J connectivity index is 2.35. The zero-order valence-electron chi connectivity index (χ0n) is 22.2. The van der Waals surface area contributed by atoms with Crippen molar-refractivity contribution >= 4 is 48.9 Å². The molecule has 1 heterocycles. The molecule has 0 aliphatic carbocycles. The van der Waals surface area contributed by atoms with Gasteiger partial charge in [0.05, 0.1) is 18.1 Å². The smallest absolute Gasteiger partial charge is 0.326 e. The summed E-state index contributed by atoms with van der Waals surface area (Å²) in [6.45, 7) is 20.2. The summed E-state index contributed by atoms with van der Waals surface area (Å²) >= 11 is 12.3. The van der Waals surface area contributed by atoms with Crippen molar-refractivity contribution < 1.29 is 18.8 Å². The summed E-state index contributed by atoms with van der Waals surface area (Å²) in [5.74, 6) is -1.13. The molecule has 1 saturated heterocycles. The number of esters is 1. The van der Waals surface area contributed by atoms with Crippen molar-refractivity contribution in [1.82, 2.24) is 4.90 Å². The second-order valence-electron chi connectivity index (χ2n) is 11.8. The number of carbonyl (C=O) groups excluding carboxylic acids is 2. The SMILES string of the molecule is C[C@@H](O[Si](C)(C)C(C)(C)C)[C@H]1C(=O)N(CC(=O)OC(C)(C)C)[C@@H]1[C@@H](C)C(=S)c1ccccc1Cl. The van der Waals surface area contributed by atoms with Crippen LogP contribution in [0.3, 0.4) is 0 Å². The van der Waals surface area contributed by atoms with Gasteiger partial charge in [-0.05, 0) is 51.9 Å². The number of amides is 1. The van der Waals surface area contributed by atoms with E-state index < -0.39 is 25.8 Å². The molecule has 0 N–H and O–H groups in total. The number of carbonyl (C=O) groups is 2. The molecule has 0 unspecified atom stereocenters. The van der Waals surface area contributed by atoms with Crippen molar-refractivity contribution in [3.63, 3.8) is 0 Å². The zero-order chi connectivity index (χ0) is 26.2. The third-order valence-electron chi connectivity index (χ3n) is 6.87. The summed E-state index contributed by atoms with van der Waals surface area (Å²) in [6, 6.07) is 7.17. The first-order valence-electron chi connectivity index (χ1n) is 11.9. The number of halogens is 1. The van der Waals surface area contributed by atoms with Crippen LogP contribution < -0.4 is 0 Å². The van der Waals surface area contributed by atoms with Gasteiger partial charge in [-0.3, -0.25) is 9.59 Å². The topological polar surface area (TPSA) is 55.8 Å². The number of hydrogen-bond donors (Lipinski definition) is 0. The molecular weight excluding hydrogens is 486 g/mol. The highest BCUT2D eigenvalue weighted by molar-refractivity contribution is 7.80. The molecule has 0 saturated carbocycles. The highest BCUT2D eigenvalue weighted by Crippen LogP contribution is 2.42. The van der Waals surface area contributed by atoms with Crippen LogP contribution in [0.25, 0.3) is 0 Å². The standard InChI is InChI=1S/C26H40ClNO4SSi/c1-16(23(33)18-13-11-12-14-19(18)27)22-21(17(2)32-34(9,10)26(6,7)8)24(30)28(22)15-20(29)31-25(3,4)5/h11-14,16-17,21-22H,15H2,1-10H3/t16-,17-,21-,22-/m1/s1. The van der Waals surface area contributed by atoms with Crippen molar-refractivity contribution in [2.24, 2.45) is 11.8 Å². The molecule has 5 nitrogen and oxygen atoms in total. The number of rotatable bonds is 8. The maximum absolute atomic E-state index is 13.4. The largest absolute Gasteiger partial charge is 0.459 e. The predicted molar refractivity (Wildman–Crippen MR) is 145 cm³/mol. The number of β-lactam (4-membered cyclic amide) rings is 1. The van der Waals surface area contributed by atoms with E-state index in [9.17, 15) is 9.59 Å². The molecule has 0 spiro atoms. The van der Waals surface area contributed by atoms with Gasteiger partial charge in [-0.1, -0.05) is 69.7 Å². The van der Waals surface area contributed by atoms with Gasteiger partial charge < -0.3 is 14.1 Å². The molecule has 1 aromatic rings. The van der Waals surface area contributed by atoms with Gasteiger partial charge in [-0.15, -0.1) is 0 Å². The van der Waals surface area contributed by atoms with E-state index in [0.717, 1.165) is 5.56 Å². The third kappa shape index (κ3) is 6.48. The minimum absolute atomic E-state index is 0.0121. The third-order valence-corrected chi connectivity index (χ3v) is 12.4. The van der Waals surface area contributed by atoms with Crippen molar-refractivity contribution in [2.75, 3.05) is 6.54 Å². The van der Waals surface area contributed by atoms with Gasteiger partial charge in [-0.2, -0.15) is 0 Å². The van der Waals surface area contributed by atoms with E-state index >= 15 is 0 Å². The number of benzene rings is 1. The van der Waals surface area contributed by atoms with Crippen LogP contribution in [-0.4, -0.2) is 54.2 Å². The maximum atomic E-state index is 13.4. The quantitative estimate of drug-likeness (QED) is 0.131. The molecule has 1 amide bonds. The molecule has 4 atom stereocenters. The van der Waals surface area contributed by atoms with E-state index in [2.05, 4.69) is 33.9 Å². The normalized spacial score (nSPS) is 21.0. The van der Waals surface area contributed by atoms with Crippen LogP contribution in [0.5, 0.6) is 0 Å². The van der Waals surface area contributed by atoms with Crippen LogP contribution in [0, 0.1) is 11.8 Å². The Hall–Kier alpha value is -1.28. The van der Waals surface area contributed by atoms with E-state index in [0.29, 0.717) is 9.89 Å². The van der Waals surface area contributed by atoms with Crippen LogP contribution in [0.1, 0.15) is 61.0 Å². The number of nitrogens with zero attached hydrogens (tertiary/aromatic N) is 1.